The standard InChI is InChI=1S/C10H21N/c1-9(2)6-10(3,7-9)8-11(4)5/h6-8H2,1-5H3. The van der Waals surface area contributed by atoms with E-state index in [-0.39, 0.29) is 0 Å². The van der Waals surface area contributed by atoms with Crippen molar-refractivity contribution in [1.29, 1.82) is 0 Å². The zero-order valence-corrected chi connectivity index (χ0v) is 8.57. The van der Waals surface area contributed by atoms with Crippen LogP contribution >= 0.6 is 0 Å². The maximum absolute atomic E-state index is 2.40. The Morgan fingerprint density at radius 1 is 1.09 bits per heavy atom. The summed E-state index contributed by atoms with van der Waals surface area (Å²) in [5.41, 5.74) is 1.22. The van der Waals surface area contributed by atoms with Gasteiger partial charge in [-0.05, 0) is 37.8 Å². The summed E-state index contributed by atoms with van der Waals surface area (Å²) in [6.45, 7) is 8.38. The number of hydrogen-bond donors (Lipinski definition) is 0. The highest BCUT2D eigenvalue weighted by molar-refractivity contribution is 4.96. The van der Waals surface area contributed by atoms with Gasteiger partial charge in [0, 0.05) is 6.54 Å². The molecular formula is C10H21N. The van der Waals surface area contributed by atoms with Crippen molar-refractivity contribution in [3.8, 4) is 0 Å². The molecule has 1 heteroatoms. The van der Waals surface area contributed by atoms with Crippen LogP contribution < -0.4 is 0 Å². The molecule has 0 unspecified atom stereocenters. The van der Waals surface area contributed by atoms with Gasteiger partial charge in [0.25, 0.3) is 0 Å². The van der Waals surface area contributed by atoms with E-state index in [1.807, 2.05) is 0 Å². The average molecular weight is 155 g/mol. The van der Waals surface area contributed by atoms with Gasteiger partial charge in [0.2, 0.25) is 0 Å². The first-order chi connectivity index (χ1) is 4.83. The van der Waals surface area contributed by atoms with Crippen LogP contribution in [0, 0.1) is 10.8 Å². The first-order valence-corrected chi connectivity index (χ1v) is 4.48. The van der Waals surface area contributed by atoms with Gasteiger partial charge in [-0.3, -0.25) is 0 Å². The minimum atomic E-state index is 0.604. The molecule has 0 aromatic rings. The molecular weight excluding hydrogens is 134 g/mol. The molecule has 0 aromatic heterocycles. The molecule has 1 rings (SSSR count). The van der Waals surface area contributed by atoms with Crippen LogP contribution in [0.4, 0.5) is 0 Å². The Labute approximate surface area is 70.8 Å². The van der Waals surface area contributed by atoms with Crippen LogP contribution in [0.2, 0.25) is 0 Å². The number of hydrogen-bond acceptors (Lipinski definition) is 1. The molecule has 66 valence electrons. The van der Waals surface area contributed by atoms with Crippen LogP contribution in [-0.2, 0) is 0 Å². The summed E-state index contributed by atoms with van der Waals surface area (Å²) in [6.07, 6.45) is 2.77. The molecule has 0 heterocycles. The normalized spacial score (nSPS) is 26.7. The van der Waals surface area contributed by atoms with Crippen molar-refractivity contribution in [1.82, 2.24) is 4.90 Å². The van der Waals surface area contributed by atoms with Crippen molar-refractivity contribution in [3.63, 3.8) is 0 Å². The van der Waals surface area contributed by atoms with E-state index in [4.69, 9.17) is 0 Å². The topological polar surface area (TPSA) is 3.24 Å². The molecule has 0 amide bonds. The van der Waals surface area contributed by atoms with Crippen molar-refractivity contribution >= 4 is 0 Å². The minimum Gasteiger partial charge on any atom is -0.309 e. The van der Waals surface area contributed by atoms with E-state index in [1.165, 1.54) is 19.4 Å². The Morgan fingerprint density at radius 3 is 1.82 bits per heavy atom. The second-order valence-corrected chi connectivity index (χ2v) is 5.57. The third kappa shape index (κ3) is 2.19. The molecule has 0 atom stereocenters. The highest BCUT2D eigenvalue weighted by Gasteiger charge is 2.45. The van der Waals surface area contributed by atoms with Crippen molar-refractivity contribution in [2.45, 2.75) is 33.6 Å². The predicted molar refractivity (Wildman–Crippen MR) is 49.7 cm³/mol. The van der Waals surface area contributed by atoms with Gasteiger partial charge in [0.1, 0.15) is 0 Å². The van der Waals surface area contributed by atoms with Crippen molar-refractivity contribution in [2.75, 3.05) is 20.6 Å². The van der Waals surface area contributed by atoms with E-state index in [1.54, 1.807) is 0 Å². The largest absolute Gasteiger partial charge is 0.309 e. The van der Waals surface area contributed by atoms with Crippen LogP contribution in [0.1, 0.15) is 33.6 Å². The molecule has 1 saturated carbocycles. The first kappa shape index (κ1) is 9.05. The molecule has 0 N–H and O–H groups in total. The van der Waals surface area contributed by atoms with Gasteiger partial charge in [-0.25, -0.2) is 0 Å². The Kier molecular flexibility index (Phi) is 2.04. The van der Waals surface area contributed by atoms with Crippen LogP contribution in [0.5, 0.6) is 0 Å². The Morgan fingerprint density at radius 2 is 1.55 bits per heavy atom. The molecule has 0 spiro atoms. The van der Waals surface area contributed by atoms with Gasteiger partial charge in [-0.1, -0.05) is 20.8 Å². The maximum Gasteiger partial charge on any atom is 0.00296 e. The average Bonchev–Trinajstić information content (AvgIpc) is 1.52. The molecule has 11 heavy (non-hydrogen) atoms. The van der Waals surface area contributed by atoms with E-state index in [9.17, 15) is 0 Å². The van der Waals surface area contributed by atoms with E-state index in [0.29, 0.717) is 10.8 Å². The highest BCUT2D eigenvalue weighted by atomic mass is 15.1. The second-order valence-electron chi connectivity index (χ2n) is 5.57. The summed E-state index contributed by atoms with van der Waals surface area (Å²) < 4.78 is 0. The minimum absolute atomic E-state index is 0.604. The lowest BCUT2D eigenvalue weighted by Crippen LogP contribution is -2.46. The first-order valence-electron chi connectivity index (χ1n) is 4.48. The summed E-state index contributed by atoms with van der Waals surface area (Å²) in [6, 6.07) is 0. The molecule has 0 saturated heterocycles. The van der Waals surface area contributed by atoms with Crippen LogP contribution in [-0.4, -0.2) is 25.5 Å². The Hall–Kier alpha value is -0.0400. The summed E-state index contributed by atoms with van der Waals surface area (Å²) in [7, 11) is 4.33. The van der Waals surface area contributed by atoms with E-state index in [2.05, 4.69) is 39.8 Å². The SMILES string of the molecule is CN(C)CC1(C)CC(C)(C)C1. The molecule has 1 nitrogen and oxygen atoms in total. The molecule has 0 radical (unpaired) electrons. The van der Waals surface area contributed by atoms with Crippen LogP contribution in [0.15, 0.2) is 0 Å². The van der Waals surface area contributed by atoms with Crippen LogP contribution in [0.3, 0.4) is 0 Å². The number of nitrogens with zero attached hydrogens (tertiary/aromatic N) is 1. The summed E-state index contributed by atoms with van der Waals surface area (Å²) >= 11 is 0. The molecule has 1 fully saturated rings. The zero-order valence-electron chi connectivity index (χ0n) is 8.57. The van der Waals surface area contributed by atoms with E-state index >= 15 is 0 Å². The van der Waals surface area contributed by atoms with Gasteiger partial charge in [-0.15, -0.1) is 0 Å². The zero-order chi connectivity index (χ0) is 8.70. The second kappa shape index (κ2) is 2.48. The van der Waals surface area contributed by atoms with Gasteiger partial charge >= 0.3 is 0 Å². The molecule has 1 aliphatic rings. The third-order valence-corrected chi connectivity index (χ3v) is 2.51. The third-order valence-electron chi connectivity index (χ3n) is 2.51. The van der Waals surface area contributed by atoms with Crippen molar-refractivity contribution < 1.29 is 0 Å². The summed E-state index contributed by atoms with van der Waals surface area (Å²) in [5.74, 6) is 0. The fourth-order valence-electron chi connectivity index (χ4n) is 3.13. The molecule has 0 bridgehead atoms. The molecule has 1 aliphatic carbocycles. The van der Waals surface area contributed by atoms with Gasteiger partial charge in [0.05, 0.1) is 0 Å². The molecule has 0 aliphatic heterocycles. The fraction of sp³-hybridized carbons (Fsp3) is 1.00. The van der Waals surface area contributed by atoms with Crippen molar-refractivity contribution in [2.24, 2.45) is 10.8 Å². The maximum atomic E-state index is 2.40. The highest BCUT2D eigenvalue weighted by Crippen LogP contribution is 2.53. The van der Waals surface area contributed by atoms with Crippen molar-refractivity contribution in [3.05, 3.63) is 0 Å². The van der Waals surface area contributed by atoms with E-state index in [0.717, 1.165) is 0 Å². The predicted octanol–water partition coefficient (Wildman–Crippen LogP) is 2.37. The Bertz CT molecular complexity index is 133. The van der Waals surface area contributed by atoms with Crippen LogP contribution in [0.25, 0.3) is 0 Å². The lowest BCUT2D eigenvalue weighted by molar-refractivity contribution is -0.0153. The Balaban J connectivity index is 2.37. The van der Waals surface area contributed by atoms with Gasteiger partial charge < -0.3 is 4.90 Å². The van der Waals surface area contributed by atoms with Gasteiger partial charge in [0.15, 0.2) is 0 Å². The van der Waals surface area contributed by atoms with Gasteiger partial charge in [-0.2, -0.15) is 0 Å². The molecule has 0 aromatic carbocycles. The number of rotatable bonds is 2. The fourth-order valence-corrected chi connectivity index (χ4v) is 3.13. The lowest BCUT2D eigenvalue weighted by Gasteiger charge is -2.52. The summed E-state index contributed by atoms with van der Waals surface area (Å²) in [5, 5.41) is 0. The quantitative estimate of drug-likeness (QED) is 0.592. The monoisotopic (exact) mass is 155 g/mol. The van der Waals surface area contributed by atoms with E-state index < -0.39 is 0 Å². The smallest absolute Gasteiger partial charge is 0.00296 e. The summed E-state index contributed by atoms with van der Waals surface area (Å²) in [4.78, 5) is 2.30. The lowest BCUT2D eigenvalue weighted by atomic mass is 9.55.